The topological polar surface area (TPSA) is 73.6 Å². The van der Waals surface area contributed by atoms with E-state index in [4.69, 9.17) is 0 Å². The highest BCUT2D eigenvalue weighted by molar-refractivity contribution is 5.98. The van der Waals surface area contributed by atoms with Crippen LogP contribution >= 0.6 is 0 Å². The number of aryl methyl sites for hydroxylation is 1. The molecule has 1 amide bonds. The van der Waals surface area contributed by atoms with E-state index in [1.165, 1.54) is 11.1 Å². The Morgan fingerprint density at radius 2 is 2.12 bits per heavy atom. The molecule has 2 heterocycles. The van der Waals surface area contributed by atoms with Gasteiger partial charge in [0.1, 0.15) is 5.69 Å². The summed E-state index contributed by atoms with van der Waals surface area (Å²) in [7, 11) is 0. The summed E-state index contributed by atoms with van der Waals surface area (Å²) < 4.78 is 0. The molecule has 0 fully saturated rings. The predicted molar refractivity (Wildman–Crippen MR) is 98.9 cm³/mol. The van der Waals surface area contributed by atoms with Gasteiger partial charge in [0.15, 0.2) is 0 Å². The molecule has 3 aromatic rings. The fourth-order valence-corrected chi connectivity index (χ4v) is 3.52. The summed E-state index contributed by atoms with van der Waals surface area (Å²) in [4.78, 5) is 15.9. The van der Waals surface area contributed by atoms with Crippen molar-refractivity contribution in [1.29, 1.82) is 0 Å². The lowest BCUT2D eigenvalue weighted by atomic mass is 9.86. The first kappa shape index (κ1) is 15.9. The summed E-state index contributed by atoms with van der Waals surface area (Å²) in [6, 6.07) is 8.45. The van der Waals surface area contributed by atoms with Gasteiger partial charge < -0.3 is 10.3 Å². The largest absolute Gasteiger partial charge is 0.351 e. The number of nitrogens with zero attached hydrogens (tertiary/aromatic N) is 1. The number of amides is 1. The number of hydrogen-bond acceptors (Lipinski definition) is 2. The molecule has 1 aliphatic carbocycles. The van der Waals surface area contributed by atoms with E-state index >= 15 is 0 Å². The fourth-order valence-electron chi connectivity index (χ4n) is 3.52. The number of fused-ring (bicyclic) bond motifs is 2. The van der Waals surface area contributed by atoms with Crippen molar-refractivity contribution in [2.75, 3.05) is 0 Å². The number of benzene rings is 1. The van der Waals surface area contributed by atoms with Gasteiger partial charge in [0.05, 0.1) is 6.20 Å². The minimum atomic E-state index is -0.0403. The monoisotopic (exact) mass is 336 g/mol. The molecular formula is C20H24N4O. The van der Waals surface area contributed by atoms with Crippen LogP contribution in [-0.2, 0) is 18.3 Å². The lowest BCUT2D eigenvalue weighted by molar-refractivity contribution is 0.0929. The molecule has 5 heteroatoms. The Morgan fingerprint density at radius 3 is 2.92 bits per heavy atom. The Morgan fingerprint density at radius 1 is 1.28 bits per heavy atom. The van der Waals surface area contributed by atoms with Gasteiger partial charge in [-0.25, -0.2) is 0 Å². The molecule has 0 spiro atoms. The Bertz CT molecular complexity index is 929. The summed E-state index contributed by atoms with van der Waals surface area (Å²) in [6.45, 7) is 6.59. The lowest BCUT2D eigenvalue weighted by Crippen LogP contribution is -2.38. The van der Waals surface area contributed by atoms with Crippen LogP contribution in [0.15, 0.2) is 30.5 Å². The van der Waals surface area contributed by atoms with Crippen molar-refractivity contribution in [2.24, 2.45) is 0 Å². The Kier molecular flexibility index (Phi) is 3.67. The molecule has 25 heavy (non-hydrogen) atoms. The van der Waals surface area contributed by atoms with E-state index in [1.54, 1.807) is 0 Å². The molecule has 0 aliphatic heterocycles. The van der Waals surface area contributed by atoms with E-state index in [2.05, 4.69) is 59.5 Å². The zero-order chi connectivity index (χ0) is 17.6. The maximum absolute atomic E-state index is 12.6. The summed E-state index contributed by atoms with van der Waals surface area (Å²) in [6.07, 6.45) is 4.61. The molecule has 1 unspecified atom stereocenters. The summed E-state index contributed by atoms with van der Waals surface area (Å²) in [5, 5.41) is 11.4. The van der Waals surface area contributed by atoms with Crippen molar-refractivity contribution in [2.45, 2.75) is 51.5 Å². The molecule has 1 atom stereocenters. The van der Waals surface area contributed by atoms with Crippen molar-refractivity contribution in [3.8, 4) is 0 Å². The SMILES string of the molecule is CC(C)(C)c1ccc2[nH]c(C(=O)NC3CCc4cn[nH]c4C3)cc2c1. The van der Waals surface area contributed by atoms with Gasteiger partial charge in [0.2, 0.25) is 0 Å². The Labute approximate surface area is 147 Å². The number of aromatic nitrogens is 3. The molecule has 4 rings (SSSR count). The highest BCUT2D eigenvalue weighted by atomic mass is 16.1. The first-order valence-electron chi connectivity index (χ1n) is 8.85. The maximum atomic E-state index is 12.6. The lowest BCUT2D eigenvalue weighted by Gasteiger charge is -2.22. The number of rotatable bonds is 2. The van der Waals surface area contributed by atoms with Gasteiger partial charge in [0, 0.05) is 29.1 Å². The molecule has 0 bridgehead atoms. The van der Waals surface area contributed by atoms with E-state index in [0.29, 0.717) is 5.69 Å². The third-order valence-corrected chi connectivity index (χ3v) is 5.09. The smallest absolute Gasteiger partial charge is 0.267 e. The summed E-state index contributed by atoms with van der Waals surface area (Å²) in [5.74, 6) is -0.0403. The molecule has 130 valence electrons. The highest BCUT2D eigenvalue weighted by Gasteiger charge is 2.23. The quantitative estimate of drug-likeness (QED) is 0.670. The van der Waals surface area contributed by atoms with Crippen LogP contribution in [0.1, 0.15) is 54.5 Å². The average Bonchev–Trinajstić information content (AvgIpc) is 3.19. The maximum Gasteiger partial charge on any atom is 0.267 e. The van der Waals surface area contributed by atoms with Crippen molar-refractivity contribution in [3.05, 3.63) is 53.0 Å². The standard InChI is InChI=1S/C20H24N4O/c1-20(2,3)14-5-7-16-13(8-14)9-18(23-16)19(25)22-15-6-4-12-11-21-24-17(12)10-15/h5,7-9,11,15,23H,4,6,10H2,1-3H3,(H,21,24)(H,22,25). The molecule has 0 radical (unpaired) electrons. The minimum Gasteiger partial charge on any atom is -0.351 e. The van der Waals surface area contributed by atoms with Gasteiger partial charge in [-0.3, -0.25) is 9.89 Å². The highest BCUT2D eigenvalue weighted by Crippen LogP contribution is 2.26. The van der Waals surface area contributed by atoms with E-state index in [1.807, 2.05) is 12.3 Å². The first-order chi connectivity index (χ1) is 11.9. The third-order valence-electron chi connectivity index (χ3n) is 5.09. The van der Waals surface area contributed by atoms with E-state index < -0.39 is 0 Å². The molecule has 0 saturated heterocycles. The number of aromatic amines is 2. The van der Waals surface area contributed by atoms with Crippen molar-refractivity contribution < 1.29 is 4.79 Å². The number of H-pyrrole nitrogens is 2. The summed E-state index contributed by atoms with van der Waals surface area (Å²) >= 11 is 0. The minimum absolute atomic E-state index is 0.0403. The molecule has 5 nitrogen and oxygen atoms in total. The fraction of sp³-hybridized carbons (Fsp3) is 0.400. The third kappa shape index (κ3) is 3.06. The van der Waals surface area contributed by atoms with Crippen LogP contribution in [-0.4, -0.2) is 27.1 Å². The van der Waals surface area contributed by atoms with E-state index in [0.717, 1.165) is 35.9 Å². The molecule has 1 aliphatic rings. The van der Waals surface area contributed by atoms with Crippen LogP contribution in [0.2, 0.25) is 0 Å². The van der Waals surface area contributed by atoms with E-state index in [9.17, 15) is 4.79 Å². The Balaban J connectivity index is 1.52. The van der Waals surface area contributed by atoms with Gasteiger partial charge in [0.25, 0.3) is 5.91 Å². The predicted octanol–water partition coefficient (Wildman–Crippen LogP) is 3.48. The van der Waals surface area contributed by atoms with E-state index in [-0.39, 0.29) is 17.4 Å². The second-order valence-electron chi connectivity index (χ2n) is 8.02. The second-order valence-corrected chi connectivity index (χ2v) is 8.02. The van der Waals surface area contributed by atoms with Crippen LogP contribution in [0, 0.1) is 0 Å². The van der Waals surface area contributed by atoms with Gasteiger partial charge in [-0.2, -0.15) is 5.10 Å². The van der Waals surface area contributed by atoms with Gasteiger partial charge >= 0.3 is 0 Å². The number of carbonyl (C=O) groups is 1. The van der Waals surface area contributed by atoms with Gasteiger partial charge in [-0.05, 0) is 47.6 Å². The Hall–Kier alpha value is -2.56. The van der Waals surface area contributed by atoms with Crippen LogP contribution in [0.3, 0.4) is 0 Å². The number of hydrogen-bond donors (Lipinski definition) is 3. The number of carbonyl (C=O) groups excluding carboxylic acids is 1. The molecule has 1 aromatic carbocycles. The second kappa shape index (κ2) is 5.76. The normalized spacial score (nSPS) is 17.5. The first-order valence-corrected chi connectivity index (χ1v) is 8.85. The van der Waals surface area contributed by atoms with Crippen molar-refractivity contribution in [3.63, 3.8) is 0 Å². The van der Waals surface area contributed by atoms with Crippen LogP contribution in [0.5, 0.6) is 0 Å². The molecule has 0 saturated carbocycles. The average molecular weight is 336 g/mol. The zero-order valence-corrected chi connectivity index (χ0v) is 14.9. The summed E-state index contributed by atoms with van der Waals surface area (Å²) in [5.41, 5.74) is 5.39. The van der Waals surface area contributed by atoms with Gasteiger partial charge in [-0.15, -0.1) is 0 Å². The zero-order valence-electron chi connectivity index (χ0n) is 14.9. The molecular weight excluding hydrogens is 312 g/mol. The molecule has 2 aromatic heterocycles. The van der Waals surface area contributed by atoms with Crippen molar-refractivity contribution >= 4 is 16.8 Å². The van der Waals surface area contributed by atoms with Crippen molar-refractivity contribution in [1.82, 2.24) is 20.5 Å². The van der Waals surface area contributed by atoms with Gasteiger partial charge in [-0.1, -0.05) is 26.8 Å². The molecule has 3 N–H and O–H groups in total. The van der Waals surface area contributed by atoms with Crippen LogP contribution in [0.4, 0.5) is 0 Å². The van der Waals surface area contributed by atoms with Crippen LogP contribution < -0.4 is 5.32 Å². The number of nitrogens with one attached hydrogen (secondary N) is 3. The van der Waals surface area contributed by atoms with Crippen LogP contribution in [0.25, 0.3) is 10.9 Å².